The number of halogens is 1. The summed E-state index contributed by atoms with van der Waals surface area (Å²) in [7, 11) is 0. The molecule has 0 heterocycles. The van der Waals surface area contributed by atoms with Gasteiger partial charge in [-0.2, -0.15) is 0 Å². The Bertz CT molecular complexity index is 477. The quantitative estimate of drug-likeness (QED) is 0.877. The van der Waals surface area contributed by atoms with Crippen LogP contribution in [0.25, 0.3) is 0 Å². The lowest BCUT2D eigenvalue weighted by atomic mass is 10.2. The molecule has 4 nitrogen and oxygen atoms in total. The minimum Gasteiger partial charge on any atom is -0.352 e. The van der Waals surface area contributed by atoms with Gasteiger partial charge in [-0.25, -0.2) is 0 Å². The number of nitrogens with one attached hydrogen (secondary N) is 1. The molecule has 1 N–H and O–H groups in total. The lowest BCUT2D eigenvalue weighted by Crippen LogP contribution is -2.42. The van der Waals surface area contributed by atoms with Crippen LogP contribution in [-0.4, -0.2) is 29.3 Å². The van der Waals surface area contributed by atoms with Crippen molar-refractivity contribution in [2.24, 2.45) is 0 Å². The summed E-state index contributed by atoms with van der Waals surface area (Å²) in [6.07, 6.45) is 0.857. The third-order valence-corrected chi connectivity index (χ3v) is 3.49. The molecule has 0 aromatic heterocycles. The summed E-state index contributed by atoms with van der Waals surface area (Å²) in [5.41, 5.74) is 0.834. The van der Waals surface area contributed by atoms with Crippen molar-refractivity contribution < 1.29 is 9.59 Å². The first-order valence-electron chi connectivity index (χ1n) is 6.72. The topological polar surface area (TPSA) is 49.4 Å². The molecule has 1 atom stereocenters. The van der Waals surface area contributed by atoms with Crippen molar-refractivity contribution in [2.45, 2.75) is 39.8 Å². The fourth-order valence-corrected chi connectivity index (χ4v) is 1.90. The van der Waals surface area contributed by atoms with Gasteiger partial charge in [0.05, 0.1) is 6.54 Å². The molecule has 0 fully saturated rings. The molecule has 1 aromatic rings. The maximum Gasteiger partial charge on any atom is 0.239 e. The third kappa shape index (κ3) is 5.21. The van der Waals surface area contributed by atoms with Crippen LogP contribution >= 0.6 is 11.6 Å². The van der Waals surface area contributed by atoms with E-state index in [-0.39, 0.29) is 24.4 Å². The van der Waals surface area contributed by atoms with Crippen molar-refractivity contribution in [1.82, 2.24) is 10.2 Å². The van der Waals surface area contributed by atoms with Gasteiger partial charge < -0.3 is 10.2 Å². The molecule has 1 aromatic carbocycles. The molecular formula is C15H21ClN2O2. The van der Waals surface area contributed by atoms with Gasteiger partial charge in [-0.05, 0) is 25.0 Å². The van der Waals surface area contributed by atoms with Crippen molar-refractivity contribution in [1.29, 1.82) is 0 Å². The summed E-state index contributed by atoms with van der Waals surface area (Å²) < 4.78 is 0. The Morgan fingerprint density at radius 3 is 2.55 bits per heavy atom. The van der Waals surface area contributed by atoms with Crippen molar-refractivity contribution >= 4 is 23.4 Å². The second kappa shape index (κ2) is 7.90. The molecular weight excluding hydrogens is 276 g/mol. The summed E-state index contributed by atoms with van der Waals surface area (Å²) in [5.74, 6) is -0.300. The number of carbonyl (C=O) groups excluding carboxylic acids is 2. The molecule has 0 aliphatic rings. The Balaban J connectivity index is 2.68. The van der Waals surface area contributed by atoms with E-state index in [1.54, 1.807) is 6.07 Å². The fourth-order valence-electron chi connectivity index (χ4n) is 1.71. The first-order chi connectivity index (χ1) is 9.43. The number of carbonyl (C=O) groups is 2. The van der Waals surface area contributed by atoms with Crippen molar-refractivity contribution in [3.8, 4) is 0 Å². The van der Waals surface area contributed by atoms with Gasteiger partial charge in [0.1, 0.15) is 0 Å². The van der Waals surface area contributed by atoms with Crippen LogP contribution in [0.15, 0.2) is 24.3 Å². The molecule has 0 saturated heterocycles. The molecule has 0 saturated carbocycles. The summed E-state index contributed by atoms with van der Waals surface area (Å²) >= 11 is 6.08. The molecule has 0 aliphatic carbocycles. The van der Waals surface area contributed by atoms with Gasteiger partial charge in [0.2, 0.25) is 11.8 Å². The van der Waals surface area contributed by atoms with E-state index in [9.17, 15) is 9.59 Å². The van der Waals surface area contributed by atoms with E-state index in [1.807, 2.05) is 32.0 Å². The average Bonchev–Trinajstić information content (AvgIpc) is 2.40. The zero-order chi connectivity index (χ0) is 15.1. The highest BCUT2D eigenvalue weighted by atomic mass is 35.5. The van der Waals surface area contributed by atoms with E-state index < -0.39 is 0 Å². The monoisotopic (exact) mass is 296 g/mol. The number of hydrogen-bond donors (Lipinski definition) is 1. The van der Waals surface area contributed by atoms with Gasteiger partial charge in [0.25, 0.3) is 0 Å². The molecule has 2 amide bonds. The van der Waals surface area contributed by atoms with Crippen LogP contribution in [-0.2, 0) is 16.1 Å². The molecule has 0 spiro atoms. The van der Waals surface area contributed by atoms with Crippen LogP contribution in [0.4, 0.5) is 0 Å². The van der Waals surface area contributed by atoms with Crippen molar-refractivity contribution in [3.63, 3.8) is 0 Å². The van der Waals surface area contributed by atoms with E-state index in [4.69, 9.17) is 11.6 Å². The Morgan fingerprint density at radius 1 is 1.35 bits per heavy atom. The average molecular weight is 297 g/mol. The molecule has 110 valence electrons. The van der Waals surface area contributed by atoms with Crippen LogP contribution in [0.3, 0.4) is 0 Å². The van der Waals surface area contributed by atoms with Gasteiger partial charge in [0.15, 0.2) is 0 Å². The molecule has 1 rings (SSSR count). The maximum absolute atomic E-state index is 11.9. The minimum absolute atomic E-state index is 0.0465. The molecule has 1 unspecified atom stereocenters. The SMILES string of the molecule is CCC(C)NC(=O)CN(Cc1ccccc1Cl)C(C)=O. The number of hydrogen-bond acceptors (Lipinski definition) is 2. The van der Waals surface area contributed by atoms with E-state index >= 15 is 0 Å². The van der Waals surface area contributed by atoms with Crippen LogP contribution < -0.4 is 5.32 Å². The normalized spacial score (nSPS) is 11.8. The van der Waals surface area contributed by atoms with Crippen molar-refractivity contribution in [2.75, 3.05) is 6.54 Å². The highest BCUT2D eigenvalue weighted by molar-refractivity contribution is 6.31. The molecule has 5 heteroatoms. The zero-order valence-corrected chi connectivity index (χ0v) is 12.9. The third-order valence-electron chi connectivity index (χ3n) is 3.12. The molecule has 0 bridgehead atoms. The summed E-state index contributed by atoms with van der Waals surface area (Å²) in [5, 5.41) is 3.45. The predicted octanol–water partition coefficient (Wildman–Crippen LogP) is 2.60. The maximum atomic E-state index is 11.9. The van der Waals surface area contributed by atoms with Gasteiger partial charge in [-0.3, -0.25) is 9.59 Å². The Labute approximate surface area is 125 Å². The second-order valence-electron chi connectivity index (χ2n) is 4.84. The Kier molecular flexibility index (Phi) is 6.52. The molecule has 0 radical (unpaired) electrons. The van der Waals surface area contributed by atoms with Gasteiger partial charge >= 0.3 is 0 Å². The highest BCUT2D eigenvalue weighted by Gasteiger charge is 2.16. The van der Waals surface area contributed by atoms with Crippen LogP contribution in [0.1, 0.15) is 32.8 Å². The Morgan fingerprint density at radius 2 is 2.00 bits per heavy atom. The van der Waals surface area contributed by atoms with E-state index in [0.29, 0.717) is 11.6 Å². The summed E-state index contributed by atoms with van der Waals surface area (Å²) in [4.78, 5) is 25.0. The number of benzene rings is 1. The fraction of sp³-hybridized carbons (Fsp3) is 0.467. The van der Waals surface area contributed by atoms with E-state index in [2.05, 4.69) is 5.32 Å². The number of nitrogens with zero attached hydrogens (tertiary/aromatic N) is 1. The Hall–Kier alpha value is -1.55. The summed E-state index contributed by atoms with van der Waals surface area (Å²) in [6.45, 7) is 5.77. The lowest BCUT2D eigenvalue weighted by molar-refractivity contribution is -0.135. The lowest BCUT2D eigenvalue weighted by Gasteiger charge is -2.22. The van der Waals surface area contributed by atoms with Crippen LogP contribution in [0.2, 0.25) is 5.02 Å². The van der Waals surface area contributed by atoms with Gasteiger partial charge in [-0.15, -0.1) is 0 Å². The second-order valence-corrected chi connectivity index (χ2v) is 5.25. The number of amides is 2. The first kappa shape index (κ1) is 16.5. The highest BCUT2D eigenvalue weighted by Crippen LogP contribution is 2.17. The smallest absolute Gasteiger partial charge is 0.239 e. The van der Waals surface area contributed by atoms with E-state index in [1.165, 1.54) is 11.8 Å². The number of rotatable bonds is 6. The molecule has 0 aliphatic heterocycles. The van der Waals surface area contributed by atoms with Gasteiger partial charge in [-0.1, -0.05) is 36.7 Å². The first-order valence-corrected chi connectivity index (χ1v) is 7.10. The van der Waals surface area contributed by atoms with Crippen LogP contribution in [0.5, 0.6) is 0 Å². The van der Waals surface area contributed by atoms with Gasteiger partial charge in [0, 0.05) is 24.5 Å². The minimum atomic E-state index is -0.151. The standard InChI is InChI=1S/C15H21ClN2O2/c1-4-11(2)17-15(20)10-18(12(3)19)9-13-7-5-6-8-14(13)16/h5-8,11H,4,9-10H2,1-3H3,(H,17,20). The van der Waals surface area contributed by atoms with Crippen LogP contribution in [0, 0.1) is 0 Å². The molecule has 20 heavy (non-hydrogen) atoms. The zero-order valence-electron chi connectivity index (χ0n) is 12.1. The predicted molar refractivity (Wildman–Crippen MR) is 80.4 cm³/mol. The largest absolute Gasteiger partial charge is 0.352 e. The van der Waals surface area contributed by atoms with E-state index in [0.717, 1.165) is 12.0 Å². The summed E-state index contributed by atoms with van der Waals surface area (Å²) in [6, 6.07) is 7.43. The van der Waals surface area contributed by atoms with Crippen molar-refractivity contribution in [3.05, 3.63) is 34.9 Å².